The van der Waals surface area contributed by atoms with E-state index < -0.39 is 83.6 Å². The molecule has 6 saturated heterocycles. The zero-order valence-corrected chi connectivity index (χ0v) is 31.8. The minimum absolute atomic E-state index is 1.14. The second kappa shape index (κ2) is 18.7. The average molecular weight is 864 g/mol. The first-order valence-electron chi connectivity index (χ1n) is 15.1. The van der Waals surface area contributed by atoms with Crippen LogP contribution in [0.2, 0.25) is 0 Å². The van der Waals surface area contributed by atoms with E-state index in [1.54, 1.807) is 0 Å². The van der Waals surface area contributed by atoms with Crippen molar-refractivity contribution in [3.8, 4) is 0 Å². The number of piperazine rings is 3. The largest absolute Gasteiger partial charge is 0.481 e. The highest BCUT2D eigenvalue weighted by Gasteiger charge is 2.68. The fourth-order valence-electron chi connectivity index (χ4n) is 5.08. The van der Waals surface area contributed by atoms with Gasteiger partial charge in [-0.15, -0.1) is 0 Å². The molecular weight excluding hydrogens is 822 g/mol. The van der Waals surface area contributed by atoms with E-state index in [0.29, 0.717) is 0 Å². The van der Waals surface area contributed by atoms with Gasteiger partial charge in [0.25, 0.3) is 0 Å². The van der Waals surface area contributed by atoms with Crippen LogP contribution in [0.4, 0.5) is 0 Å². The van der Waals surface area contributed by atoms with Crippen molar-refractivity contribution in [2.45, 2.75) is 36.6 Å². The summed E-state index contributed by atoms with van der Waals surface area (Å²) in [4.78, 5) is 58.3. The number of phosphoric ester groups is 6. The first-order valence-corrected chi connectivity index (χ1v) is 24.1. The zero-order chi connectivity index (χ0) is 37.6. The quantitative estimate of drug-likeness (QED) is 0.112. The van der Waals surface area contributed by atoms with Crippen LogP contribution in [-0.4, -0.2) is 145 Å². The first kappa shape index (κ1) is 44.3. The predicted octanol–water partition coefficient (Wildman–Crippen LogP) is -2.46. The highest BCUT2D eigenvalue weighted by atomic mass is 31.3. The molecule has 7 aliphatic rings. The Balaban J connectivity index is 0.000000259. The standard InChI is InChI=1S/C6H12O21P6.3C4H10N2/c7-28(8)19-1-2(20-29(9,10)25-28)4-6(24-33(17,18)27-32(15,16)23-4)5-3(1)21-30(11,12)26-31(13,14)22-5;3*1-2-6-4-3-5-1/h1-6H,(H,7,8)(H,9,10)(H,11,12)(H,13,14)(H,15,16)(H,17,18);3*5-6H,1-4H2. The maximum absolute atomic E-state index is 12.1. The first-order chi connectivity index (χ1) is 23.7. The molecule has 300 valence electrons. The molecule has 0 spiro atoms. The Morgan fingerprint density at radius 2 is 0.412 bits per heavy atom. The Morgan fingerprint density at radius 3 is 0.510 bits per heavy atom. The highest BCUT2D eigenvalue weighted by Crippen LogP contribution is 2.72. The summed E-state index contributed by atoms with van der Waals surface area (Å²) in [5, 5.41) is 19.3. The molecule has 12 N–H and O–H groups in total. The van der Waals surface area contributed by atoms with E-state index in [1.807, 2.05) is 0 Å². The third-order valence-electron chi connectivity index (χ3n) is 6.96. The molecule has 0 bridgehead atoms. The van der Waals surface area contributed by atoms with Gasteiger partial charge in [-0.25, -0.2) is 27.4 Å². The molecule has 7 fully saturated rings. The summed E-state index contributed by atoms with van der Waals surface area (Å²) < 4.78 is 112. The van der Waals surface area contributed by atoms with Gasteiger partial charge in [-0.3, -0.25) is 27.1 Å². The third-order valence-corrected chi connectivity index (χ3v) is 15.0. The van der Waals surface area contributed by atoms with Crippen molar-refractivity contribution >= 4 is 46.9 Å². The fraction of sp³-hybridized carbons (Fsp3) is 1.00. The molecule has 6 heterocycles. The molecule has 33 heteroatoms. The summed E-state index contributed by atoms with van der Waals surface area (Å²) in [5.74, 6) is 0. The molecule has 6 unspecified atom stereocenters. The van der Waals surface area contributed by atoms with Gasteiger partial charge in [0.1, 0.15) is 36.6 Å². The SMILES string of the molecule is C1CNCCN1.C1CNCCN1.C1CNCCN1.O=P1(O)OC2C3OP(=O)(O)OP(=O)(O)OC3C3OP(=O)(O)OP(=O)(O)OC3C2OP(=O)(O)O1. The number of rotatable bonds is 0. The van der Waals surface area contributed by atoms with Crippen LogP contribution in [0.25, 0.3) is 0 Å². The molecule has 51 heavy (non-hydrogen) atoms. The molecule has 0 aromatic carbocycles. The van der Waals surface area contributed by atoms with Gasteiger partial charge in [-0.1, -0.05) is 0 Å². The Kier molecular flexibility index (Phi) is 16.2. The van der Waals surface area contributed by atoms with Crippen LogP contribution >= 0.6 is 46.9 Å². The zero-order valence-electron chi connectivity index (χ0n) is 26.4. The number of hydrogen-bond acceptors (Lipinski definition) is 21. The van der Waals surface area contributed by atoms with Gasteiger partial charge in [0.15, 0.2) is 0 Å². The van der Waals surface area contributed by atoms with E-state index in [9.17, 15) is 56.8 Å². The van der Waals surface area contributed by atoms with Gasteiger partial charge in [-0.2, -0.15) is 12.9 Å². The van der Waals surface area contributed by atoms with Crippen molar-refractivity contribution < 1.29 is 96.8 Å². The lowest BCUT2D eigenvalue weighted by Gasteiger charge is -2.45. The number of hydrogen-bond donors (Lipinski definition) is 12. The summed E-state index contributed by atoms with van der Waals surface area (Å²) >= 11 is 0. The van der Waals surface area contributed by atoms with Crippen LogP contribution in [0, 0.1) is 0 Å². The van der Waals surface area contributed by atoms with E-state index >= 15 is 0 Å². The average Bonchev–Trinajstić information content (AvgIpc) is 3.27. The van der Waals surface area contributed by atoms with Crippen LogP contribution in [0.3, 0.4) is 0 Å². The molecule has 7 rings (SSSR count). The second-order valence-corrected chi connectivity index (χ2v) is 19.8. The molecule has 6 aliphatic heterocycles. The summed E-state index contributed by atoms with van der Waals surface area (Å²) in [6, 6.07) is 0. The molecule has 1 aliphatic carbocycles. The van der Waals surface area contributed by atoms with Gasteiger partial charge in [-0.05, 0) is 0 Å². The minimum Gasteiger partial charge on any atom is -0.314 e. The summed E-state index contributed by atoms with van der Waals surface area (Å²) in [5.41, 5.74) is 0. The highest BCUT2D eigenvalue weighted by molar-refractivity contribution is 7.62. The van der Waals surface area contributed by atoms with E-state index in [4.69, 9.17) is 0 Å². The van der Waals surface area contributed by atoms with Crippen molar-refractivity contribution in [3.05, 3.63) is 0 Å². The van der Waals surface area contributed by atoms with E-state index in [2.05, 4.69) is 72.0 Å². The van der Waals surface area contributed by atoms with Gasteiger partial charge >= 0.3 is 46.9 Å². The summed E-state index contributed by atoms with van der Waals surface area (Å²) in [7, 11) is -33.5. The molecule has 0 aromatic rings. The Hall–Kier alpha value is 0.540. The van der Waals surface area contributed by atoms with Crippen LogP contribution in [0.15, 0.2) is 0 Å². The summed E-state index contributed by atoms with van der Waals surface area (Å²) in [6.45, 7) is 13.7. The van der Waals surface area contributed by atoms with Crippen LogP contribution in [0.1, 0.15) is 0 Å². The maximum Gasteiger partial charge on any atom is 0.481 e. The van der Waals surface area contributed by atoms with Crippen LogP contribution < -0.4 is 31.9 Å². The molecule has 0 amide bonds. The van der Waals surface area contributed by atoms with Gasteiger partial charge in [0, 0.05) is 78.5 Å². The van der Waals surface area contributed by atoms with Crippen molar-refractivity contribution in [2.75, 3.05) is 78.5 Å². The van der Waals surface area contributed by atoms with Crippen molar-refractivity contribution in [1.29, 1.82) is 0 Å². The van der Waals surface area contributed by atoms with Gasteiger partial charge in [0.2, 0.25) is 0 Å². The van der Waals surface area contributed by atoms with Crippen molar-refractivity contribution in [1.82, 2.24) is 31.9 Å². The predicted molar refractivity (Wildman–Crippen MR) is 169 cm³/mol. The molecule has 1 saturated carbocycles. The third kappa shape index (κ3) is 14.5. The monoisotopic (exact) mass is 864 g/mol. The topological polar surface area (TPSA) is 379 Å². The Labute approximate surface area is 290 Å². The minimum atomic E-state index is -5.59. The fourth-order valence-corrected chi connectivity index (χ4v) is 12.4. The number of nitrogens with one attached hydrogen (secondary N) is 6. The van der Waals surface area contributed by atoms with Crippen molar-refractivity contribution in [3.63, 3.8) is 0 Å². The van der Waals surface area contributed by atoms with Gasteiger partial charge < -0.3 is 61.3 Å². The Bertz CT molecular complexity index is 1160. The lowest BCUT2D eigenvalue weighted by molar-refractivity contribution is -0.185. The normalized spacial score (nSPS) is 48.6. The van der Waals surface area contributed by atoms with E-state index in [-0.39, 0.29) is 0 Å². The maximum atomic E-state index is 12.1. The molecular formula is C18H42N6O21P6. The lowest BCUT2D eigenvalue weighted by atomic mass is 9.85. The molecule has 6 atom stereocenters. The lowest BCUT2D eigenvalue weighted by Crippen LogP contribution is -2.65. The molecule has 0 aromatic heterocycles. The van der Waals surface area contributed by atoms with Crippen molar-refractivity contribution in [2.24, 2.45) is 0 Å². The number of fused-ring (bicyclic) bond motifs is 6. The summed E-state index contributed by atoms with van der Waals surface area (Å²) in [6.07, 6.45) is -14.4. The molecule has 27 nitrogen and oxygen atoms in total. The molecule has 0 radical (unpaired) electrons. The number of phosphoric acid groups is 6. The second-order valence-electron chi connectivity index (χ2n) is 11.0. The smallest absolute Gasteiger partial charge is 0.314 e. The van der Waals surface area contributed by atoms with E-state index in [0.717, 1.165) is 78.5 Å². The van der Waals surface area contributed by atoms with E-state index in [1.165, 1.54) is 0 Å². The van der Waals surface area contributed by atoms with Gasteiger partial charge in [0.05, 0.1) is 0 Å². The van der Waals surface area contributed by atoms with Crippen LogP contribution in [0.5, 0.6) is 0 Å². The van der Waals surface area contributed by atoms with Crippen LogP contribution in [-0.2, 0) is 67.5 Å². The Morgan fingerprint density at radius 1 is 0.294 bits per heavy atom.